The molecule has 0 bridgehead atoms. The quantitative estimate of drug-likeness (QED) is 0.506. The lowest BCUT2D eigenvalue weighted by Crippen LogP contribution is -2.30. The number of carbonyl (C=O) groups excluding carboxylic acids is 2. The Hall–Kier alpha value is -2.83. The van der Waals surface area contributed by atoms with Gasteiger partial charge in [0.25, 0.3) is 5.91 Å². The number of halogens is 2. The monoisotopic (exact) mass is 445 g/mol. The molecular weight excluding hydrogens is 425 g/mol. The minimum Gasteiger partial charge on any atom is -0.452 e. The summed E-state index contributed by atoms with van der Waals surface area (Å²) in [6.45, 7) is 2.01. The highest BCUT2D eigenvalue weighted by atomic mass is 35.5. The van der Waals surface area contributed by atoms with Crippen molar-refractivity contribution in [1.82, 2.24) is 14.7 Å². The topological polar surface area (TPSA) is 64.4 Å². The van der Waals surface area contributed by atoms with E-state index in [0.717, 1.165) is 11.1 Å². The minimum atomic E-state index is -0.690. The number of aryl methyl sites for hydroxylation is 1. The molecule has 6 nitrogen and oxygen atoms in total. The normalized spacial score (nSPS) is 10.7. The van der Waals surface area contributed by atoms with E-state index in [1.165, 1.54) is 9.58 Å². The Balaban J connectivity index is 1.63. The summed E-state index contributed by atoms with van der Waals surface area (Å²) < 4.78 is 6.69. The molecule has 1 amide bonds. The van der Waals surface area contributed by atoms with Crippen molar-refractivity contribution in [3.05, 3.63) is 87.2 Å². The zero-order valence-corrected chi connectivity index (χ0v) is 18.2. The molecule has 0 saturated carbocycles. The predicted octanol–water partition coefficient (Wildman–Crippen LogP) is 4.36. The Kier molecular flexibility index (Phi) is 7.13. The van der Waals surface area contributed by atoms with Crippen LogP contribution in [-0.2, 0) is 22.6 Å². The van der Waals surface area contributed by atoms with Gasteiger partial charge >= 0.3 is 5.97 Å². The summed E-state index contributed by atoms with van der Waals surface area (Å²) in [7, 11) is 1.66. The second kappa shape index (κ2) is 9.78. The number of likely N-dealkylation sites (N-methyl/N-ethyl adjacent to an activating group) is 1. The molecule has 8 heteroatoms. The van der Waals surface area contributed by atoms with Gasteiger partial charge in [-0.3, -0.25) is 4.79 Å². The molecule has 0 aliphatic carbocycles. The zero-order valence-electron chi connectivity index (χ0n) is 16.6. The van der Waals surface area contributed by atoms with Gasteiger partial charge in [-0.2, -0.15) is 5.10 Å². The highest BCUT2D eigenvalue weighted by Gasteiger charge is 2.23. The second-order valence-electron chi connectivity index (χ2n) is 6.81. The number of hydrogen-bond donors (Lipinski definition) is 0. The van der Waals surface area contributed by atoms with E-state index < -0.39 is 5.97 Å². The number of hydrogen-bond acceptors (Lipinski definition) is 4. The van der Waals surface area contributed by atoms with Crippen molar-refractivity contribution < 1.29 is 14.3 Å². The van der Waals surface area contributed by atoms with Crippen LogP contribution in [0.25, 0.3) is 0 Å². The molecule has 0 atom stereocenters. The van der Waals surface area contributed by atoms with Crippen molar-refractivity contribution in [2.45, 2.75) is 20.0 Å². The average molecular weight is 446 g/mol. The Labute approximate surface area is 185 Å². The number of nitrogens with zero attached hydrogens (tertiary/aromatic N) is 3. The third-order valence-corrected chi connectivity index (χ3v) is 5.32. The van der Waals surface area contributed by atoms with Crippen molar-refractivity contribution in [2.24, 2.45) is 0 Å². The molecule has 0 saturated heterocycles. The first-order chi connectivity index (χ1) is 14.4. The molecular formula is C22H21Cl2N3O3. The van der Waals surface area contributed by atoms with Crippen LogP contribution in [0.1, 0.15) is 27.2 Å². The fourth-order valence-electron chi connectivity index (χ4n) is 2.93. The maximum atomic E-state index is 12.5. The smallest absolute Gasteiger partial charge is 0.343 e. The van der Waals surface area contributed by atoms with Crippen LogP contribution in [0.5, 0.6) is 0 Å². The van der Waals surface area contributed by atoms with Gasteiger partial charge in [0, 0.05) is 18.6 Å². The SMILES string of the molecule is Cc1nn(Cc2ccccc2Cl)c(Cl)c1C(=O)OCC(=O)N(C)Cc1ccccc1. The first-order valence-electron chi connectivity index (χ1n) is 9.28. The summed E-state index contributed by atoms with van der Waals surface area (Å²) in [6, 6.07) is 16.9. The van der Waals surface area contributed by atoms with Crippen molar-refractivity contribution in [2.75, 3.05) is 13.7 Å². The molecule has 3 rings (SSSR count). The molecule has 0 fully saturated rings. The zero-order chi connectivity index (χ0) is 21.7. The van der Waals surface area contributed by atoms with Crippen LogP contribution in [0, 0.1) is 6.92 Å². The predicted molar refractivity (Wildman–Crippen MR) is 116 cm³/mol. The van der Waals surface area contributed by atoms with Gasteiger partial charge in [0.2, 0.25) is 0 Å². The van der Waals surface area contributed by atoms with Crippen molar-refractivity contribution >= 4 is 35.1 Å². The summed E-state index contributed by atoms with van der Waals surface area (Å²) in [5.41, 5.74) is 2.37. The molecule has 1 heterocycles. The van der Waals surface area contributed by atoms with Gasteiger partial charge in [0.1, 0.15) is 10.7 Å². The third-order valence-electron chi connectivity index (χ3n) is 4.56. The molecule has 30 heavy (non-hydrogen) atoms. The van der Waals surface area contributed by atoms with Crippen LogP contribution in [-0.4, -0.2) is 40.2 Å². The summed E-state index contributed by atoms with van der Waals surface area (Å²) in [4.78, 5) is 26.4. The lowest BCUT2D eigenvalue weighted by Gasteiger charge is -2.17. The van der Waals surface area contributed by atoms with Gasteiger partial charge in [-0.05, 0) is 24.1 Å². The maximum absolute atomic E-state index is 12.5. The Morgan fingerprint density at radius 1 is 1.07 bits per heavy atom. The number of rotatable bonds is 7. The molecule has 3 aromatic rings. The fraction of sp³-hybridized carbons (Fsp3) is 0.227. The van der Waals surface area contributed by atoms with Gasteiger partial charge in [0.05, 0.1) is 12.2 Å². The number of benzene rings is 2. The van der Waals surface area contributed by atoms with E-state index in [1.807, 2.05) is 48.5 Å². The van der Waals surface area contributed by atoms with Crippen LogP contribution in [0.4, 0.5) is 0 Å². The first kappa shape index (κ1) is 21.9. The van der Waals surface area contributed by atoms with Crippen LogP contribution in [0.3, 0.4) is 0 Å². The highest BCUT2D eigenvalue weighted by molar-refractivity contribution is 6.33. The largest absolute Gasteiger partial charge is 0.452 e. The highest BCUT2D eigenvalue weighted by Crippen LogP contribution is 2.24. The summed E-state index contributed by atoms with van der Waals surface area (Å²) in [6.07, 6.45) is 0. The van der Waals surface area contributed by atoms with Crippen molar-refractivity contribution in [1.29, 1.82) is 0 Å². The van der Waals surface area contributed by atoms with Crippen LogP contribution < -0.4 is 0 Å². The van der Waals surface area contributed by atoms with E-state index in [4.69, 9.17) is 27.9 Å². The maximum Gasteiger partial charge on any atom is 0.343 e. The van der Waals surface area contributed by atoms with Crippen molar-refractivity contribution in [3.63, 3.8) is 0 Å². The van der Waals surface area contributed by atoms with E-state index >= 15 is 0 Å². The van der Waals surface area contributed by atoms with Gasteiger partial charge in [-0.25, -0.2) is 9.48 Å². The number of aromatic nitrogens is 2. The minimum absolute atomic E-state index is 0.141. The number of amides is 1. The molecule has 0 radical (unpaired) electrons. The molecule has 0 aliphatic rings. The van der Waals surface area contributed by atoms with Gasteiger partial charge in [-0.15, -0.1) is 0 Å². The van der Waals surface area contributed by atoms with Crippen LogP contribution in [0.15, 0.2) is 54.6 Å². The Bertz CT molecular complexity index is 1050. The lowest BCUT2D eigenvalue weighted by molar-refractivity contribution is -0.133. The lowest BCUT2D eigenvalue weighted by atomic mass is 10.2. The molecule has 0 spiro atoms. The molecule has 0 unspecified atom stereocenters. The van der Waals surface area contributed by atoms with E-state index in [1.54, 1.807) is 20.0 Å². The molecule has 2 aromatic carbocycles. The molecule has 1 aromatic heterocycles. The number of ether oxygens (including phenoxy) is 1. The summed E-state index contributed by atoms with van der Waals surface area (Å²) >= 11 is 12.6. The Morgan fingerprint density at radius 2 is 1.73 bits per heavy atom. The fourth-order valence-corrected chi connectivity index (χ4v) is 3.44. The Morgan fingerprint density at radius 3 is 2.43 bits per heavy atom. The first-order valence-corrected chi connectivity index (χ1v) is 10.0. The molecule has 156 valence electrons. The summed E-state index contributed by atoms with van der Waals surface area (Å²) in [5.74, 6) is -1.01. The van der Waals surface area contributed by atoms with E-state index in [-0.39, 0.29) is 23.2 Å². The standard InChI is InChI=1S/C22H21Cl2N3O3/c1-15-20(21(24)27(25-15)13-17-10-6-7-11-18(17)23)22(29)30-14-19(28)26(2)12-16-8-4-3-5-9-16/h3-11H,12-14H2,1-2H3. The van der Waals surface area contributed by atoms with E-state index in [9.17, 15) is 9.59 Å². The molecule has 0 N–H and O–H groups in total. The van der Waals surface area contributed by atoms with Gasteiger partial charge in [-0.1, -0.05) is 71.7 Å². The number of esters is 1. The number of carbonyl (C=O) groups is 2. The average Bonchev–Trinajstić information content (AvgIpc) is 3.01. The van der Waals surface area contributed by atoms with E-state index in [2.05, 4.69) is 5.10 Å². The molecule has 0 aliphatic heterocycles. The van der Waals surface area contributed by atoms with Gasteiger partial charge in [0.15, 0.2) is 6.61 Å². The van der Waals surface area contributed by atoms with Crippen LogP contribution in [0.2, 0.25) is 10.2 Å². The summed E-state index contributed by atoms with van der Waals surface area (Å²) in [5, 5.41) is 5.04. The van der Waals surface area contributed by atoms with Gasteiger partial charge < -0.3 is 9.64 Å². The van der Waals surface area contributed by atoms with Crippen molar-refractivity contribution in [3.8, 4) is 0 Å². The van der Waals surface area contributed by atoms with Crippen LogP contribution >= 0.6 is 23.2 Å². The second-order valence-corrected chi connectivity index (χ2v) is 7.58. The third kappa shape index (κ3) is 5.20. The van der Waals surface area contributed by atoms with E-state index in [0.29, 0.717) is 23.8 Å².